The quantitative estimate of drug-likeness (QED) is 0.655. The van der Waals surface area contributed by atoms with Gasteiger partial charge in [0.1, 0.15) is 11.5 Å². The summed E-state index contributed by atoms with van der Waals surface area (Å²) >= 11 is 3.41. The average molecular weight is 435 g/mol. The van der Waals surface area contributed by atoms with E-state index in [4.69, 9.17) is 9.47 Å². The Morgan fingerprint density at radius 1 is 0.926 bits per heavy atom. The molecule has 0 aliphatic carbocycles. The van der Waals surface area contributed by atoms with Crippen LogP contribution in [-0.4, -0.2) is 25.0 Å². The molecule has 2 N–H and O–H groups in total. The molecular formula is C20H23BrN2O4. The second kappa shape index (κ2) is 9.97. The number of carbonyl (C=O) groups excluding carboxylic acids is 2. The molecule has 27 heavy (non-hydrogen) atoms. The summed E-state index contributed by atoms with van der Waals surface area (Å²) in [5.74, 6) is 0.327. The maximum atomic E-state index is 11.9. The summed E-state index contributed by atoms with van der Waals surface area (Å²) in [6.07, 6.45) is 0.939. The molecule has 6 nitrogen and oxygen atoms in total. The number of nitrogens with one attached hydrogen (secondary N) is 2. The van der Waals surface area contributed by atoms with Crippen molar-refractivity contribution in [2.24, 2.45) is 0 Å². The maximum Gasteiger partial charge on any atom is 0.276 e. The van der Waals surface area contributed by atoms with Gasteiger partial charge in [-0.3, -0.25) is 20.4 Å². The molecule has 2 rings (SSSR count). The van der Waals surface area contributed by atoms with Crippen LogP contribution in [-0.2, 0) is 16.0 Å². The van der Waals surface area contributed by atoms with Gasteiger partial charge >= 0.3 is 0 Å². The third kappa shape index (κ3) is 6.60. The second-order valence-corrected chi connectivity index (χ2v) is 6.96. The summed E-state index contributed by atoms with van der Waals surface area (Å²) in [4.78, 5) is 23.6. The number of hydrazine groups is 1. The van der Waals surface area contributed by atoms with Crippen LogP contribution in [0, 0.1) is 13.8 Å². The molecule has 0 saturated heterocycles. The van der Waals surface area contributed by atoms with Crippen molar-refractivity contribution >= 4 is 27.7 Å². The van der Waals surface area contributed by atoms with Crippen LogP contribution in [0.15, 0.2) is 40.9 Å². The number of ether oxygens (including phenoxy) is 2. The zero-order chi connectivity index (χ0) is 19.8. The highest BCUT2D eigenvalue weighted by atomic mass is 79.9. The van der Waals surface area contributed by atoms with Crippen LogP contribution >= 0.6 is 15.9 Å². The molecule has 0 spiro atoms. The predicted molar refractivity (Wildman–Crippen MR) is 107 cm³/mol. The van der Waals surface area contributed by atoms with Gasteiger partial charge in [0.15, 0.2) is 13.2 Å². The molecule has 2 aromatic rings. The predicted octanol–water partition coefficient (Wildman–Crippen LogP) is 3.23. The van der Waals surface area contributed by atoms with E-state index >= 15 is 0 Å². The molecular weight excluding hydrogens is 412 g/mol. The molecule has 0 saturated carbocycles. The van der Waals surface area contributed by atoms with Crippen molar-refractivity contribution in [2.45, 2.75) is 27.2 Å². The zero-order valence-corrected chi connectivity index (χ0v) is 17.2. The first-order valence-electron chi connectivity index (χ1n) is 8.58. The maximum absolute atomic E-state index is 11.9. The van der Waals surface area contributed by atoms with Crippen LogP contribution in [0.5, 0.6) is 11.5 Å². The van der Waals surface area contributed by atoms with Crippen molar-refractivity contribution in [1.29, 1.82) is 0 Å². The van der Waals surface area contributed by atoms with E-state index in [0.29, 0.717) is 11.5 Å². The van der Waals surface area contributed by atoms with Gasteiger partial charge in [0.25, 0.3) is 11.8 Å². The van der Waals surface area contributed by atoms with Gasteiger partial charge in [0.05, 0.1) is 0 Å². The Morgan fingerprint density at radius 3 is 1.96 bits per heavy atom. The van der Waals surface area contributed by atoms with Crippen molar-refractivity contribution < 1.29 is 19.1 Å². The van der Waals surface area contributed by atoms with Gasteiger partial charge in [-0.2, -0.15) is 0 Å². The van der Waals surface area contributed by atoms with Crippen LogP contribution in [0.4, 0.5) is 0 Å². The summed E-state index contributed by atoms with van der Waals surface area (Å²) in [6.45, 7) is 5.46. The summed E-state index contributed by atoms with van der Waals surface area (Å²) in [6, 6.07) is 11.3. The minimum atomic E-state index is -0.461. The van der Waals surface area contributed by atoms with Crippen molar-refractivity contribution in [1.82, 2.24) is 10.9 Å². The first-order chi connectivity index (χ1) is 12.9. The number of aryl methyl sites for hydroxylation is 3. The van der Waals surface area contributed by atoms with Crippen molar-refractivity contribution in [3.05, 3.63) is 57.6 Å². The molecule has 0 atom stereocenters. The van der Waals surface area contributed by atoms with E-state index in [1.165, 1.54) is 5.56 Å². The Labute approximate surface area is 167 Å². The van der Waals surface area contributed by atoms with Crippen LogP contribution in [0.2, 0.25) is 0 Å². The topological polar surface area (TPSA) is 76.7 Å². The van der Waals surface area contributed by atoms with Gasteiger partial charge < -0.3 is 9.47 Å². The third-order valence-corrected chi connectivity index (χ3v) is 4.27. The fourth-order valence-corrected chi connectivity index (χ4v) is 3.13. The highest BCUT2D eigenvalue weighted by Crippen LogP contribution is 2.27. The van der Waals surface area contributed by atoms with E-state index in [2.05, 4.69) is 33.7 Å². The SMILES string of the molecule is CCc1ccc(OCC(=O)NNC(=O)COc2c(C)cc(Br)cc2C)cc1. The second-order valence-electron chi connectivity index (χ2n) is 6.04. The molecule has 7 heteroatoms. The monoisotopic (exact) mass is 434 g/mol. The number of hydrogen-bond donors (Lipinski definition) is 2. The molecule has 0 heterocycles. The first kappa shape index (κ1) is 20.8. The lowest BCUT2D eigenvalue weighted by Crippen LogP contribution is -2.45. The fraction of sp³-hybridized carbons (Fsp3) is 0.300. The number of hydrogen-bond acceptors (Lipinski definition) is 4. The first-order valence-corrected chi connectivity index (χ1v) is 9.37. The lowest BCUT2D eigenvalue weighted by atomic mass is 10.1. The molecule has 2 amide bonds. The van der Waals surface area contributed by atoms with Crippen LogP contribution in [0.25, 0.3) is 0 Å². The number of halogens is 1. The zero-order valence-electron chi connectivity index (χ0n) is 15.6. The molecule has 144 valence electrons. The van der Waals surface area contributed by atoms with E-state index < -0.39 is 11.8 Å². The van der Waals surface area contributed by atoms with Crippen molar-refractivity contribution in [3.63, 3.8) is 0 Å². The van der Waals surface area contributed by atoms with E-state index in [0.717, 1.165) is 22.0 Å². The van der Waals surface area contributed by atoms with Gasteiger partial charge in [-0.05, 0) is 61.2 Å². The Morgan fingerprint density at radius 2 is 1.44 bits per heavy atom. The van der Waals surface area contributed by atoms with E-state index in [-0.39, 0.29) is 13.2 Å². The Bertz CT molecular complexity index is 783. The highest BCUT2D eigenvalue weighted by molar-refractivity contribution is 9.10. The minimum Gasteiger partial charge on any atom is -0.484 e. The van der Waals surface area contributed by atoms with Crippen LogP contribution < -0.4 is 20.3 Å². The molecule has 2 aromatic carbocycles. The molecule has 0 aliphatic heterocycles. The Kier molecular flexibility index (Phi) is 7.67. The Hall–Kier alpha value is -2.54. The van der Waals surface area contributed by atoms with Gasteiger partial charge in [-0.1, -0.05) is 35.0 Å². The number of benzene rings is 2. The fourth-order valence-electron chi connectivity index (χ4n) is 2.44. The molecule has 0 unspecified atom stereocenters. The van der Waals surface area contributed by atoms with Crippen molar-refractivity contribution in [2.75, 3.05) is 13.2 Å². The largest absolute Gasteiger partial charge is 0.484 e. The normalized spacial score (nSPS) is 10.2. The summed E-state index contributed by atoms with van der Waals surface area (Å²) in [5.41, 5.74) is 7.63. The number of carbonyl (C=O) groups is 2. The highest BCUT2D eigenvalue weighted by Gasteiger charge is 2.10. The minimum absolute atomic E-state index is 0.197. The number of amides is 2. The molecule has 0 radical (unpaired) electrons. The summed E-state index contributed by atoms with van der Waals surface area (Å²) in [5, 5.41) is 0. The number of rotatable bonds is 7. The average Bonchev–Trinajstić information content (AvgIpc) is 2.64. The van der Waals surface area contributed by atoms with E-state index in [1.807, 2.05) is 38.1 Å². The molecule has 0 aromatic heterocycles. The van der Waals surface area contributed by atoms with Crippen molar-refractivity contribution in [3.8, 4) is 11.5 Å². The summed E-state index contributed by atoms with van der Waals surface area (Å²) < 4.78 is 11.9. The lowest BCUT2D eigenvalue weighted by Gasteiger charge is -2.13. The van der Waals surface area contributed by atoms with Crippen LogP contribution in [0.1, 0.15) is 23.6 Å². The van der Waals surface area contributed by atoms with E-state index in [9.17, 15) is 9.59 Å². The Balaban J connectivity index is 1.72. The standard InChI is InChI=1S/C20H23BrN2O4/c1-4-15-5-7-17(8-6-15)26-11-18(24)22-23-19(25)12-27-20-13(2)9-16(21)10-14(20)3/h5-10H,4,11-12H2,1-3H3,(H,22,24)(H,23,25). The molecule has 0 aliphatic rings. The van der Waals surface area contributed by atoms with E-state index in [1.54, 1.807) is 12.1 Å². The molecule has 0 fully saturated rings. The summed E-state index contributed by atoms with van der Waals surface area (Å²) in [7, 11) is 0. The van der Waals surface area contributed by atoms with Gasteiger partial charge in [0, 0.05) is 4.47 Å². The van der Waals surface area contributed by atoms with Gasteiger partial charge in [0.2, 0.25) is 0 Å². The third-order valence-electron chi connectivity index (χ3n) is 3.82. The van der Waals surface area contributed by atoms with Crippen LogP contribution in [0.3, 0.4) is 0 Å². The van der Waals surface area contributed by atoms with Gasteiger partial charge in [-0.25, -0.2) is 0 Å². The lowest BCUT2D eigenvalue weighted by molar-refractivity contribution is -0.131. The van der Waals surface area contributed by atoms with Gasteiger partial charge in [-0.15, -0.1) is 0 Å². The molecule has 0 bridgehead atoms. The smallest absolute Gasteiger partial charge is 0.276 e.